The maximum absolute atomic E-state index is 13.0. The van der Waals surface area contributed by atoms with E-state index in [1.807, 2.05) is 25.1 Å². The Kier molecular flexibility index (Phi) is 5.32. The molecule has 1 aromatic heterocycles. The number of nitrogens with one attached hydrogen (secondary N) is 2. The Morgan fingerprint density at radius 3 is 2.58 bits per heavy atom. The van der Waals surface area contributed by atoms with Gasteiger partial charge < -0.3 is 10.6 Å². The number of anilines is 3. The van der Waals surface area contributed by atoms with Crippen LogP contribution in [-0.4, -0.2) is 10.9 Å². The second kappa shape index (κ2) is 7.66. The van der Waals surface area contributed by atoms with Crippen LogP contribution in [0.15, 0.2) is 42.5 Å². The van der Waals surface area contributed by atoms with E-state index in [9.17, 15) is 9.18 Å². The van der Waals surface area contributed by atoms with Gasteiger partial charge in [-0.1, -0.05) is 36.5 Å². The van der Waals surface area contributed by atoms with Crippen LogP contribution in [0.3, 0.4) is 0 Å². The first-order valence-electron chi connectivity index (χ1n) is 8.37. The lowest BCUT2D eigenvalue weighted by molar-refractivity contribution is 0.102. The molecule has 0 saturated carbocycles. The molecule has 0 radical (unpaired) electrons. The minimum atomic E-state index is -0.295. The molecule has 0 aliphatic rings. The lowest BCUT2D eigenvalue weighted by Gasteiger charge is -2.12. The highest BCUT2D eigenvalue weighted by molar-refractivity contribution is 7.17. The predicted molar refractivity (Wildman–Crippen MR) is 105 cm³/mol. The molecule has 0 bridgehead atoms. The van der Waals surface area contributed by atoms with Crippen molar-refractivity contribution in [2.45, 2.75) is 27.2 Å². The van der Waals surface area contributed by atoms with Crippen molar-refractivity contribution in [1.29, 1.82) is 0 Å². The molecule has 0 aliphatic heterocycles. The van der Waals surface area contributed by atoms with Gasteiger partial charge in [-0.05, 0) is 55.7 Å². The summed E-state index contributed by atoms with van der Waals surface area (Å²) in [5, 5.41) is 6.73. The monoisotopic (exact) mass is 369 g/mol. The highest BCUT2D eigenvalue weighted by Crippen LogP contribution is 2.28. The summed E-state index contributed by atoms with van der Waals surface area (Å²) in [6.07, 6.45) is 0.844. The molecule has 134 valence electrons. The maximum atomic E-state index is 13.0. The molecular weight excluding hydrogens is 349 g/mol. The minimum Gasteiger partial charge on any atom is -0.332 e. The van der Waals surface area contributed by atoms with Gasteiger partial charge in [0.2, 0.25) is 0 Å². The summed E-state index contributed by atoms with van der Waals surface area (Å²) in [6, 6.07) is 12.0. The second-order valence-electron chi connectivity index (χ2n) is 5.98. The summed E-state index contributed by atoms with van der Waals surface area (Å²) < 4.78 is 13.0. The summed E-state index contributed by atoms with van der Waals surface area (Å²) in [4.78, 5) is 17.7. The Morgan fingerprint density at radius 2 is 1.88 bits per heavy atom. The van der Waals surface area contributed by atoms with Crippen molar-refractivity contribution in [2.24, 2.45) is 0 Å². The number of halogens is 1. The Labute approximate surface area is 156 Å². The lowest BCUT2D eigenvalue weighted by atomic mass is 10.1. The summed E-state index contributed by atoms with van der Waals surface area (Å²) in [5.41, 5.74) is 4.37. The molecule has 3 rings (SSSR count). The number of thiazole rings is 1. The number of carbonyl (C=O) groups is 1. The number of hydrogen-bond acceptors (Lipinski definition) is 4. The SMILES string of the molecule is CCc1cccc(C)c1NC(=O)c1sc(Nc2ccc(F)cc2)nc1C. The maximum Gasteiger partial charge on any atom is 0.267 e. The van der Waals surface area contributed by atoms with Gasteiger partial charge in [-0.15, -0.1) is 0 Å². The first-order valence-corrected chi connectivity index (χ1v) is 9.19. The summed E-state index contributed by atoms with van der Waals surface area (Å²) in [7, 11) is 0. The second-order valence-corrected chi connectivity index (χ2v) is 6.98. The molecule has 26 heavy (non-hydrogen) atoms. The van der Waals surface area contributed by atoms with E-state index in [0.29, 0.717) is 15.7 Å². The first-order chi connectivity index (χ1) is 12.5. The van der Waals surface area contributed by atoms with Crippen LogP contribution >= 0.6 is 11.3 Å². The summed E-state index contributed by atoms with van der Waals surface area (Å²) in [6.45, 7) is 5.85. The van der Waals surface area contributed by atoms with E-state index in [-0.39, 0.29) is 11.7 Å². The molecule has 0 fully saturated rings. The fraction of sp³-hybridized carbons (Fsp3) is 0.200. The minimum absolute atomic E-state index is 0.170. The van der Waals surface area contributed by atoms with Crippen molar-refractivity contribution >= 4 is 33.8 Å². The van der Waals surface area contributed by atoms with E-state index in [2.05, 4.69) is 22.5 Å². The van der Waals surface area contributed by atoms with E-state index in [4.69, 9.17) is 0 Å². The normalized spacial score (nSPS) is 10.6. The van der Waals surface area contributed by atoms with Crippen LogP contribution in [0, 0.1) is 19.7 Å². The molecular formula is C20H20FN3OS. The number of para-hydroxylation sites is 1. The topological polar surface area (TPSA) is 54.0 Å². The van der Waals surface area contributed by atoms with Crippen molar-refractivity contribution in [1.82, 2.24) is 4.98 Å². The molecule has 0 unspecified atom stereocenters. The average molecular weight is 369 g/mol. The van der Waals surface area contributed by atoms with Crippen molar-refractivity contribution in [3.05, 3.63) is 70.0 Å². The number of hydrogen-bond donors (Lipinski definition) is 2. The molecule has 1 heterocycles. The van der Waals surface area contributed by atoms with Crippen LogP contribution in [0.1, 0.15) is 33.4 Å². The van der Waals surface area contributed by atoms with Gasteiger partial charge >= 0.3 is 0 Å². The van der Waals surface area contributed by atoms with Crippen molar-refractivity contribution in [2.75, 3.05) is 10.6 Å². The van der Waals surface area contributed by atoms with Crippen LogP contribution < -0.4 is 10.6 Å². The predicted octanol–water partition coefficient (Wildman–Crippen LogP) is 5.46. The summed E-state index contributed by atoms with van der Waals surface area (Å²) >= 11 is 1.28. The number of aromatic nitrogens is 1. The Bertz CT molecular complexity index is 935. The van der Waals surface area contributed by atoms with Crippen molar-refractivity contribution in [3.8, 4) is 0 Å². The molecule has 4 nitrogen and oxygen atoms in total. The number of amides is 1. The largest absolute Gasteiger partial charge is 0.332 e. The Balaban J connectivity index is 1.80. The average Bonchev–Trinajstić information content (AvgIpc) is 2.99. The smallest absolute Gasteiger partial charge is 0.267 e. The summed E-state index contributed by atoms with van der Waals surface area (Å²) in [5.74, 6) is -0.466. The molecule has 6 heteroatoms. The zero-order valence-corrected chi connectivity index (χ0v) is 15.7. The van der Waals surface area contributed by atoms with E-state index < -0.39 is 0 Å². The number of aryl methyl sites for hydroxylation is 3. The fourth-order valence-corrected chi connectivity index (χ4v) is 3.57. The molecule has 0 aliphatic carbocycles. The third kappa shape index (κ3) is 3.91. The van der Waals surface area contributed by atoms with Gasteiger partial charge in [-0.3, -0.25) is 4.79 Å². The van der Waals surface area contributed by atoms with E-state index in [1.165, 1.54) is 23.5 Å². The third-order valence-electron chi connectivity index (χ3n) is 4.08. The molecule has 2 aromatic carbocycles. The number of nitrogens with zero attached hydrogens (tertiary/aromatic N) is 1. The van der Waals surface area contributed by atoms with Crippen LogP contribution in [0.5, 0.6) is 0 Å². The van der Waals surface area contributed by atoms with Crippen LogP contribution in [0.25, 0.3) is 0 Å². The molecule has 0 saturated heterocycles. The molecule has 0 spiro atoms. The van der Waals surface area contributed by atoms with Gasteiger partial charge in [-0.25, -0.2) is 9.37 Å². The number of carbonyl (C=O) groups excluding carboxylic acids is 1. The molecule has 3 aromatic rings. The molecule has 2 N–H and O–H groups in total. The van der Waals surface area contributed by atoms with Gasteiger partial charge in [0, 0.05) is 11.4 Å². The lowest BCUT2D eigenvalue weighted by Crippen LogP contribution is -2.14. The van der Waals surface area contributed by atoms with E-state index >= 15 is 0 Å². The van der Waals surface area contributed by atoms with Crippen molar-refractivity contribution in [3.63, 3.8) is 0 Å². The number of rotatable bonds is 5. The van der Waals surface area contributed by atoms with Crippen LogP contribution in [0.4, 0.5) is 20.9 Å². The van der Waals surface area contributed by atoms with Crippen LogP contribution in [-0.2, 0) is 6.42 Å². The highest BCUT2D eigenvalue weighted by atomic mass is 32.1. The van der Waals surface area contributed by atoms with E-state index in [0.717, 1.165) is 28.9 Å². The zero-order valence-electron chi connectivity index (χ0n) is 14.9. The Hall–Kier alpha value is -2.73. The van der Waals surface area contributed by atoms with Gasteiger partial charge in [0.05, 0.1) is 5.69 Å². The molecule has 1 amide bonds. The first kappa shape index (κ1) is 18.1. The van der Waals surface area contributed by atoms with Gasteiger partial charge in [0.25, 0.3) is 5.91 Å². The Morgan fingerprint density at radius 1 is 1.15 bits per heavy atom. The third-order valence-corrected chi connectivity index (χ3v) is 5.15. The van der Waals surface area contributed by atoms with Crippen LogP contribution in [0.2, 0.25) is 0 Å². The quantitative estimate of drug-likeness (QED) is 0.628. The zero-order chi connectivity index (χ0) is 18.7. The van der Waals surface area contributed by atoms with E-state index in [1.54, 1.807) is 19.1 Å². The van der Waals surface area contributed by atoms with Gasteiger partial charge in [0.15, 0.2) is 5.13 Å². The standard InChI is InChI=1S/C20H20FN3OS/c1-4-14-7-5-6-12(2)17(14)24-19(25)18-13(3)22-20(26-18)23-16-10-8-15(21)9-11-16/h5-11H,4H2,1-3H3,(H,22,23)(H,24,25). The number of benzene rings is 2. The van der Waals surface area contributed by atoms with Gasteiger partial charge in [0.1, 0.15) is 10.7 Å². The fourth-order valence-electron chi connectivity index (χ4n) is 2.69. The highest BCUT2D eigenvalue weighted by Gasteiger charge is 2.17. The molecule has 0 atom stereocenters. The van der Waals surface area contributed by atoms with Gasteiger partial charge in [-0.2, -0.15) is 0 Å². The van der Waals surface area contributed by atoms with Crippen molar-refractivity contribution < 1.29 is 9.18 Å².